The molecule has 0 aliphatic carbocycles. The van der Waals surface area contributed by atoms with Crippen LogP contribution in [0.1, 0.15) is 13.3 Å². The maximum atomic E-state index is 12.3. The standard InChI is InChI=1S/C14H22N2O4S/c1-11-13(7-8-19-11)16(2)21(17,18)10-9-20-14-6-4-3-5-12(14)15/h3-6,11,13H,7-10,15H2,1-2H3. The van der Waals surface area contributed by atoms with Gasteiger partial charge in [-0.3, -0.25) is 0 Å². The van der Waals surface area contributed by atoms with E-state index in [2.05, 4.69) is 0 Å². The molecule has 1 heterocycles. The Hall–Kier alpha value is -1.31. The fourth-order valence-electron chi connectivity index (χ4n) is 2.42. The van der Waals surface area contributed by atoms with Crippen molar-refractivity contribution in [2.75, 3.05) is 31.7 Å². The number of hydrogen-bond acceptors (Lipinski definition) is 5. The highest BCUT2D eigenvalue weighted by molar-refractivity contribution is 7.89. The normalized spacial score (nSPS) is 22.6. The minimum atomic E-state index is -3.37. The molecule has 2 N–H and O–H groups in total. The molecule has 118 valence electrons. The van der Waals surface area contributed by atoms with E-state index in [0.29, 0.717) is 18.0 Å². The Bertz CT molecular complexity index is 576. The summed E-state index contributed by atoms with van der Waals surface area (Å²) in [5.41, 5.74) is 6.25. The van der Waals surface area contributed by atoms with Crippen molar-refractivity contribution in [1.29, 1.82) is 0 Å². The van der Waals surface area contributed by atoms with Crippen LogP contribution >= 0.6 is 0 Å². The molecule has 7 heteroatoms. The first-order valence-corrected chi connectivity index (χ1v) is 8.57. The molecule has 0 spiro atoms. The first-order chi connectivity index (χ1) is 9.92. The first-order valence-electron chi connectivity index (χ1n) is 6.96. The number of para-hydroxylation sites is 2. The van der Waals surface area contributed by atoms with E-state index in [-0.39, 0.29) is 24.5 Å². The van der Waals surface area contributed by atoms with E-state index >= 15 is 0 Å². The Morgan fingerprint density at radius 1 is 1.43 bits per heavy atom. The lowest BCUT2D eigenvalue weighted by molar-refractivity contribution is 0.102. The summed E-state index contributed by atoms with van der Waals surface area (Å²) < 4.78 is 36.9. The fourth-order valence-corrected chi connectivity index (χ4v) is 3.69. The molecular formula is C14H22N2O4S. The van der Waals surface area contributed by atoms with Gasteiger partial charge in [0.2, 0.25) is 10.0 Å². The summed E-state index contributed by atoms with van der Waals surface area (Å²) >= 11 is 0. The molecule has 1 fully saturated rings. The van der Waals surface area contributed by atoms with Gasteiger partial charge in [0.25, 0.3) is 0 Å². The summed E-state index contributed by atoms with van der Waals surface area (Å²) in [7, 11) is -1.77. The summed E-state index contributed by atoms with van der Waals surface area (Å²) in [6.07, 6.45) is 0.652. The maximum Gasteiger partial charge on any atom is 0.217 e. The summed E-state index contributed by atoms with van der Waals surface area (Å²) in [6, 6.07) is 6.93. The minimum Gasteiger partial charge on any atom is -0.490 e. The Morgan fingerprint density at radius 3 is 2.76 bits per heavy atom. The Labute approximate surface area is 125 Å². The van der Waals surface area contributed by atoms with Crippen molar-refractivity contribution in [2.45, 2.75) is 25.5 Å². The third-order valence-electron chi connectivity index (χ3n) is 3.76. The molecule has 2 rings (SSSR count). The van der Waals surface area contributed by atoms with E-state index in [1.165, 1.54) is 4.31 Å². The van der Waals surface area contributed by atoms with Gasteiger partial charge in [-0.2, -0.15) is 4.31 Å². The first kappa shape index (κ1) is 16.1. The third kappa shape index (κ3) is 3.87. The Balaban J connectivity index is 1.91. The molecule has 6 nitrogen and oxygen atoms in total. The Kier molecular flexibility index (Phi) is 5.08. The van der Waals surface area contributed by atoms with Crippen LogP contribution in [0.15, 0.2) is 24.3 Å². The zero-order valence-corrected chi connectivity index (χ0v) is 13.2. The molecule has 2 atom stereocenters. The second-order valence-electron chi connectivity index (χ2n) is 5.15. The summed E-state index contributed by atoms with van der Waals surface area (Å²) in [5.74, 6) is 0.425. The third-order valence-corrected chi connectivity index (χ3v) is 5.59. The van der Waals surface area contributed by atoms with Crippen molar-refractivity contribution in [3.05, 3.63) is 24.3 Å². The molecule has 1 aliphatic rings. The number of hydrogen-bond donors (Lipinski definition) is 1. The van der Waals surface area contributed by atoms with Crippen LogP contribution in [-0.4, -0.2) is 50.9 Å². The van der Waals surface area contributed by atoms with Crippen LogP contribution in [0, 0.1) is 0 Å². The topological polar surface area (TPSA) is 81.9 Å². The molecule has 0 radical (unpaired) electrons. The van der Waals surface area contributed by atoms with Crippen LogP contribution < -0.4 is 10.5 Å². The molecule has 1 aromatic rings. The molecule has 0 bridgehead atoms. The summed E-state index contributed by atoms with van der Waals surface area (Å²) in [5, 5.41) is 0. The molecule has 0 saturated carbocycles. The largest absolute Gasteiger partial charge is 0.490 e. The van der Waals surface area contributed by atoms with Gasteiger partial charge in [-0.1, -0.05) is 12.1 Å². The van der Waals surface area contributed by atoms with Crippen molar-refractivity contribution < 1.29 is 17.9 Å². The van der Waals surface area contributed by atoms with E-state index in [9.17, 15) is 8.42 Å². The van der Waals surface area contributed by atoms with Crippen molar-refractivity contribution >= 4 is 15.7 Å². The number of sulfonamides is 1. The second kappa shape index (κ2) is 6.64. The van der Waals surface area contributed by atoms with Gasteiger partial charge in [-0.25, -0.2) is 8.42 Å². The highest BCUT2D eigenvalue weighted by atomic mass is 32.2. The number of likely N-dealkylation sites (N-methyl/N-ethyl adjacent to an activating group) is 1. The van der Waals surface area contributed by atoms with Crippen LogP contribution in [0.3, 0.4) is 0 Å². The van der Waals surface area contributed by atoms with Crippen LogP contribution in [0.2, 0.25) is 0 Å². The summed E-state index contributed by atoms with van der Waals surface area (Å²) in [4.78, 5) is 0. The van der Waals surface area contributed by atoms with Crippen LogP contribution in [0.5, 0.6) is 5.75 Å². The predicted octanol–water partition coefficient (Wildman–Crippen LogP) is 1.09. The van der Waals surface area contributed by atoms with E-state index in [1.807, 2.05) is 6.92 Å². The van der Waals surface area contributed by atoms with Gasteiger partial charge >= 0.3 is 0 Å². The lowest BCUT2D eigenvalue weighted by Gasteiger charge is -2.26. The molecular weight excluding hydrogens is 292 g/mol. The van der Waals surface area contributed by atoms with Crippen LogP contribution in [0.25, 0.3) is 0 Å². The Morgan fingerprint density at radius 2 is 2.14 bits per heavy atom. The molecule has 0 amide bonds. The zero-order valence-electron chi connectivity index (χ0n) is 12.4. The number of benzene rings is 1. The quantitative estimate of drug-likeness (QED) is 0.795. The molecule has 2 unspecified atom stereocenters. The van der Waals surface area contributed by atoms with Gasteiger partial charge in [0.1, 0.15) is 12.4 Å². The number of nitrogens with two attached hydrogens (primary N) is 1. The minimum absolute atomic E-state index is 0.0723. The van der Waals surface area contributed by atoms with Crippen molar-refractivity contribution in [2.24, 2.45) is 0 Å². The van der Waals surface area contributed by atoms with Gasteiger partial charge in [-0.05, 0) is 25.5 Å². The van der Waals surface area contributed by atoms with Crippen molar-refractivity contribution in [3.63, 3.8) is 0 Å². The molecule has 1 saturated heterocycles. The van der Waals surface area contributed by atoms with E-state index in [0.717, 1.165) is 6.42 Å². The maximum absolute atomic E-state index is 12.3. The molecule has 1 aliphatic heterocycles. The average molecular weight is 314 g/mol. The highest BCUT2D eigenvalue weighted by Crippen LogP contribution is 2.22. The number of nitrogen functional groups attached to an aromatic ring is 1. The summed E-state index contributed by atoms with van der Waals surface area (Å²) in [6.45, 7) is 2.57. The van der Waals surface area contributed by atoms with E-state index in [1.54, 1.807) is 31.3 Å². The van der Waals surface area contributed by atoms with Gasteiger partial charge in [0.05, 0.1) is 23.6 Å². The molecule has 0 aromatic heterocycles. The lowest BCUT2D eigenvalue weighted by Crippen LogP contribution is -2.42. The van der Waals surface area contributed by atoms with Gasteiger partial charge in [0.15, 0.2) is 0 Å². The molecule has 1 aromatic carbocycles. The van der Waals surface area contributed by atoms with E-state index in [4.69, 9.17) is 15.2 Å². The van der Waals surface area contributed by atoms with Gasteiger partial charge in [0, 0.05) is 13.7 Å². The monoisotopic (exact) mass is 314 g/mol. The van der Waals surface area contributed by atoms with Gasteiger partial charge in [-0.15, -0.1) is 0 Å². The van der Waals surface area contributed by atoms with E-state index < -0.39 is 10.0 Å². The van der Waals surface area contributed by atoms with Crippen LogP contribution in [-0.2, 0) is 14.8 Å². The average Bonchev–Trinajstić information content (AvgIpc) is 2.86. The molecule has 21 heavy (non-hydrogen) atoms. The predicted molar refractivity (Wildman–Crippen MR) is 81.7 cm³/mol. The number of anilines is 1. The lowest BCUT2D eigenvalue weighted by atomic mass is 10.2. The smallest absolute Gasteiger partial charge is 0.217 e. The number of rotatable bonds is 6. The zero-order chi connectivity index (χ0) is 15.5. The SMILES string of the molecule is CC1OCCC1N(C)S(=O)(=O)CCOc1ccccc1N. The van der Waals surface area contributed by atoms with Crippen molar-refractivity contribution in [3.8, 4) is 5.75 Å². The number of nitrogens with zero attached hydrogens (tertiary/aromatic N) is 1. The number of ether oxygens (including phenoxy) is 2. The second-order valence-corrected chi connectivity index (χ2v) is 7.30. The van der Waals surface area contributed by atoms with Gasteiger partial charge < -0.3 is 15.2 Å². The van der Waals surface area contributed by atoms with Crippen LogP contribution in [0.4, 0.5) is 5.69 Å². The van der Waals surface area contributed by atoms with Crippen molar-refractivity contribution in [1.82, 2.24) is 4.31 Å². The fraction of sp³-hybridized carbons (Fsp3) is 0.571. The highest BCUT2D eigenvalue weighted by Gasteiger charge is 2.34.